The lowest BCUT2D eigenvalue weighted by atomic mass is 10.1. The van der Waals surface area contributed by atoms with Crippen LogP contribution in [0, 0.1) is 20.8 Å². The highest BCUT2D eigenvalue weighted by molar-refractivity contribution is 6.08. The zero-order valence-corrected chi connectivity index (χ0v) is 21.2. The first kappa shape index (κ1) is 26.3. The summed E-state index contributed by atoms with van der Waals surface area (Å²) in [6.07, 6.45) is 1.49. The number of nitrogens with one attached hydrogen (secondary N) is 3. The van der Waals surface area contributed by atoms with E-state index in [1.54, 1.807) is 24.1 Å². The predicted octanol–water partition coefficient (Wildman–Crippen LogP) is 5.04. The summed E-state index contributed by atoms with van der Waals surface area (Å²) < 4.78 is 0. The van der Waals surface area contributed by atoms with E-state index in [9.17, 15) is 9.59 Å². The Bertz CT molecular complexity index is 1150. The summed E-state index contributed by atoms with van der Waals surface area (Å²) in [5.74, 6) is 0.375. The van der Waals surface area contributed by atoms with Crippen molar-refractivity contribution in [1.29, 1.82) is 0 Å². The normalized spacial score (nSPS) is 10.0. The molecule has 0 atom stereocenters. The molecule has 0 bridgehead atoms. The summed E-state index contributed by atoms with van der Waals surface area (Å²) in [6, 6.07) is 11.1. The molecule has 0 spiro atoms. The van der Waals surface area contributed by atoms with Crippen LogP contribution in [0.1, 0.15) is 51.3 Å². The first-order valence-electron chi connectivity index (χ1n) is 11.2. The third-order valence-corrected chi connectivity index (χ3v) is 4.88. The monoisotopic (exact) mass is 462 g/mol. The maximum absolute atomic E-state index is 12.9. The third-order valence-electron chi connectivity index (χ3n) is 4.88. The second-order valence-electron chi connectivity index (χ2n) is 7.89. The van der Waals surface area contributed by atoms with Gasteiger partial charge in [-0.2, -0.15) is 4.98 Å². The van der Waals surface area contributed by atoms with Crippen molar-refractivity contribution in [3.05, 3.63) is 70.4 Å². The fraction of sp³-hybridized carbons (Fsp3) is 0.308. The van der Waals surface area contributed by atoms with Gasteiger partial charge in [0.05, 0.1) is 0 Å². The van der Waals surface area contributed by atoms with Crippen LogP contribution in [-0.4, -0.2) is 42.9 Å². The predicted molar refractivity (Wildman–Crippen MR) is 140 cm³/mol. The van der Waals surface area contributed by atoms with Gasteiger partial charge in [0.1, 0.15) is 11.4 Å². The smallest absolute Gasteiger partial charge is 0.261 e. The maximum Gasteiger partial charge on any atom is 0.261 e. The molecule has 0 aliphatic rings. The number of anilines is 4. The fourth-order valence-corrected chi connectivity index (χ4v) is 3.28. The molecule has 8 nitrogen and oxygen atoms in total. The van der Waals surface area contributed by atoms with Crippen molar-refractivity contribution < 1.29 is 9.59 Å². The van der Waals surface area contributed by atoms with E-state index >= 15 is 0 Å². The molecule has 1 aromatic heterocycles. The average Bonchev–Trinajstić information content (AvgIpc) is 2.81. The van der Waals surface area contributed by atoms with Crippen molar-refractivity contribution >= 4 is 35.0 Å². The standard InChI is InChI=1S/C24H28N6O2.C2H6/c1-14-9-15(2)11-17(10-14)22(31)27-18-8-7-16(3)20(12-18)28-23(32)19-13-26-24(30(5)6)29-21(19)25-4;1-2/h7-13H,1-6H3,(H,27,31)(H,28,32)(H,25,26,29);1-2H3. The molecule has 0 radical (unpaired) electrons. The van der Waals surface area contributed by atoms with Crippen molar-refractivity contribution in [3.8, 4) is 0 Å². The van der Waals surface area contributed by atoms with Crippen LogP contribution in [0.4, 0.5) is 23.1 Å². The Hall–Kier alpha value is -3.94. The van der Waals surface area contributed by atoms with Crippen LogP contribution < -0.4 is 20.9 Å². The first-order valence-corrected chi connectivity index (χ1v) is 11.2. The van der Waals surface area contributed by atoms with Gasteiger partial charge in [-0.05, 0) is 50.6 Å². The summed E-state index contributed by atoms with van der Waals surface area (Å²) in [7, 11) is 5.36. The molecule has 0 saturated carbocycles. The number of nitrogens with zero attached hydrogens (tertiary/aromatic N) is 3. The van der Waals surface area contributed by atoms with Crippen molar-refractivity contribution in [2.45, 2.75) is 34.6 Å². The van der Waals surface area contributed by atoms with E-state index in [4.69, 9.17) is 0 Å². The largest absolute Gasteiger partial charge is 0.372 e. The molecule has 0 saturated heterocycles. The number of hydrogen-bond donors (Lipinski definition) is 3. The van der Waals surface area contributed by atoms with Gasteiger partial charge in [0.2, 0.25) is 5.95 Å². The fourth-order valence-electron chi connectivity index (χ4n) is 3.28. The van der Waals surface area contributed by atoms with Gasteiger partial charge in [-0.1, -0.05) is 37.1 Å². The number of rotatable bonds is 6. The van der Waals surface area contributed by atoms with E-state index in [2.05, 4.69) is 25.9 Å². The molecule has 8 heteroatoms. The van der Waals surface area contributed by atoms with E-state index in [0.29, 0.717) is 34.3 Å². The molecule has 3 rings (SSSR count). The lowest BCUT2D eigenvalue weighted by Gasteiger charge is -2.15. The maximum atomic E-state index is 12.9. The summed E-state index contributed by atoms with van der Waals surface area (Å²) in [5, 5.41) is 8.74. The zero-order chi connectivity index (χ0) is 25.4. The Labute approximate surface area is 201 Å². The number of amides is 2. The molecule has 0 unspecified atom stereocenters. The summed E-state index contributed by atoms with van der Waals surface area (Å²) in [6.45, 7) is 9.80. The molecule has 0 aliphatic carbocycles. The molecule has 0 aliphatic heterocycles. The molecule has 3 N–H and O–H groups in total. The van der Waals surface area contributed by atoms with Gasteiger partial charge < -0.3 is 20.9 Å². The van der Waals surface area contributed by atoms with E-state index in [-0.39, 0.29) is 11.8 Å². The molecule has 2 aromatic carbocycles. The Morgan fingerprint density at radius 2 is 1.53 bits per heavy atom. The highest BCUT2D eigenvalue weighted by atomic mass is 16.2. The van der Waals surface area contributed by atoms with Crippen LogP contribution >= 0.6 is 0 Å². The first-order chi connectivity index (χ1) is 16.2. The second-order valence-corrected chi connectivity index (χ2v) is 7.89. The summed E-state index contributed by atoms with van der Waals surface area (Å²) >= 11 is 0. The highest BCUT2D eigenvalue weighted by Crippen LogP contribution is 2.23. The summed E-state index contributed by atoms with van der Waals surface area (Å²) in [5.41, 5.74) is 4.99. The van der Waals surface area contributed by atoms with Crippen LogP contribution in [0.5, 0.6) is 0 Å². The van der Waals surface area contributed by atoms with Crippen LogP contribution in [0.3, 0.4) is 0 Å². The lowest BCUT2D eigenvalue weighted by Crippen LogP contribution is -2.19. The van der Waals surface area contributed by atoms with Crippen molar-refractivity contribution in [3.63, 3.8) is 0 Å². The third kappa shape index (κ3) is 6.54. The molecule has 2 amide bonds. The van der Waals surface area contributed by atoms with E-state index in [1.807, 2.05) is 73.0 Å². The minimum atomic E-state index is -0.347. The van der Waals surface area contributed by atoms with Gasteiger partial charge in [0, 0.05) is 44.3 Å². The average molecular weight is 463 g/mol. The zero-order valence-electron chi connectivity index (χ0n) is 21.2. The number of aromatic nitrogens is 2. The molecule has 180 valence electrons. The second kappa shape index (κ2) is 11.8. The van der Waals surface area contributed by atoms with E-state index in [1.165, 1.54) is 6.20 Å². The molecule has 3 aromatic rings. The number of carbonyl (C=O) groups is 2. The van der Waals surface area contributed by atoms with Gasteiger partial charge in [0.25, 0.3) is 11.8 Å². The number of carbonyl (C=O) groups excluding carboxylic acids is 2. The van der Waals surface area contributed by atoms with Crippen LogP contribution in [0.25, 0.3) is 0 Å². The Morgan fingerprint density at radius 1 is 0.882 bits per heavy atom. The van der Waals surface area contributed by atoms with Gasteiger partial charge in [0.15, 0.2) is 0 Å². The van der Waals surface area contributed by atoms with Crippen LogP contribution in [-0.2, 0) is 0 Å². The van der Waals surface area contributed by atoms with Crippen molar-refractivity contribution in [2.75, 3.05) is 42.0 Å². The van der Waals surface area contributed by atoms with E-state index < -0.39 is 0 Å². The van der Waals surface area contributed by atoms with Crippen molar-refractivity contribution in [2.24, 2.45) is 0 Å². The topological polar surface area (TPSA) is 99.2 Å². The molecule has 1 heterocycles. The van der Waals surface area contributed by atoms with Crippen molar-refractivity contribution in [1.82, 2.24) is 9.97 Å². The molecular weight excluding hydrogens is 428 g/mol. The van der Waals surface area contributed by atoms with Gasteiger partial charge in [-0.15, -0.1) is 0 Å². The SMILES string of the molecule is CC.CNc1nc(N(C)C)ncc1C(=O)Nc1cc(NC(=O)c2cc(C)cc(C)c2)ccc1C. The lowest BCUT2D eigenvalue weighted by molar-refractivity contribution is 0.101. The quantitative estimate of drug-likeness (QED) is 0.475. The van der Waals surface area contributed by atoms with Gasteiger partial charge >= 0.3 is 0 Å². The highest BCUT2D eigenvalue weighted by Gasteiger charge is 2.16. The number of hydrogen-bond acceptors (Lipinski definition) is 6. The van der Waals surface area contributed by atoms with Gasteiger partial charge in [-0.3, -0.25) is 9.59 Å². The molecule has 34 heavy (non-hydrogen) atoms. The number of benzene rings is 2. The number of aryl methyl sites for hydroxylation is 3. The van der Waals surface area contributed by atoms with Crippen LogP contribution in [0.2, 0.25) is 0 Å². The Balaban J connectivity index is 0.00000199. The minimum absolute atomic E-state index is 0.205. The van der Waals surface area contributed by atoms with Crippen LogP contribution in [0.15, 0.2) is 42.6 Å². The Morgan fingerprint density at radius 3 is 2.12 bits per heavy atom. The minimum Gasteiger partial charge on any atom is -0.372 e. The molecule has 0 fully saturated rings. The van der Waals surface area contributed by atoms with Gasteiger partial charge in [-0.25, -0.2) is 4.98 Å². The summed E-state index contributed by atoms with van der Waals surface area (Å²) in [4.78, 5) is 36.0. The molecular formula is C26H34N6O2. The van der Waals surface area contributed by atoms with E-state index in [0.717, 1.165) is 16.7 Å². The Kier molecular flexibility index (Phi) is 9.12.